The Morgan fingerprint density at radius 3 is 2.75 bits per heavy atom. The molecule has 1 heterocycles. The van der Waals surface area contributed by atoms with Gasteiger partial charge in [0, 0.05) is 6.04 Å². The van der Waals surface area contributed by atoms with Crippen LogP contribution in [0.5, 0.6) is 10.9 Å². The van der Waals surface area contributed by atoms with Crippen LogP contribution in [0.1, 0.15) is 23.4 Å². The highest BCUT2D eigenvalue weighted by Gasteiger charge is 2.20. The first-order chi connectivity index (χ1) is 9.83. The van der Waals surface area contributed by atoms with Crippen LogP contribution >= 0.6 is 11.3 Å². The standard InChI is InChI=1S/C14H17N3O2S/c1-18-12-6-2-10(3-7-12)9-19-14-17-16-13(20-14)8-15-11-4-5-11/h2-3,6-7,11,15H,4-5,8-9H2,1H3. The van der Waals surface area contributed by atoms with E-state index in [1.54, 1.807) is 7.11 Å². The average molecular weight is 291 g/mol. The maximum Gasteiger partial charge on any atom is 0.294 e. The molecular weight excluding hydrogens is 274 g/mol. The van der Waals surface area contributed by atoms with Gasteiger partial charge in [0.2, 0.25) is 0 Å². The number of rotatable bonds is 7. The van der Waals surface area contributed by atoms with Crippen LogP contribution in [0.3, 0.4) is 0 Å². The van der Waals surface area contributed by atoms with Crippen LogP contribution in [0.25, 0.3) is 0 Å². The number of ether oxygens (including phenoxy) is 2. The molecule has 1 aromatic carbocycles. The molecule has 1 fully saturated rings. The van der Waals surface area contributed by atoms with Crippen LogP contribution in [0.4, 0.5) is 0 Å². The molecule has 0 bridgehead atoms. The van der Waals surface area contributed by atoms with E-state index in [1.807, 2.05) is 24.3 Å². The van der Waals surface area contributed by atoms with Gasteiger partial charge >= 0.3 is 0 Å². The van der Waals surface area contributed by atoms with Gasteiger partial charge in [0.1, 0.15) is 17.4 Å². The molecule has 2 aromatic rings. The smallest absolute Gasteiger partial charge is 0.294 e. The Kier molecular flexibility index (Phi) is 4.13. The first-order valence-corrected chi connectivity index (χ1v) is 7.46. The molecule has 1 saturated carbocycles. The van der Waals surface area contributed by atoms with E-state index in [-0.39, 0.29) is 0 Å². The Hall–Kier alpha value is -1.66. The van der Waals surface area contributed by atoms with Crippen molar-refractivity contribution in [1.29, 1.82) is 0 Å². The Morgan fingerprint density at radius 1 is 1.25 bits per heavy atom. The monoisotopic (exact) mass is 291 g/mol. The molecule has 0 amide bonds. The second-order valence-corrected chi connectivity index (χ2v) is 5.78. The molecule has 20 heavy (non-hydrogen) atoms. The van der Waals surface area contributed by atoms with E-state index in [0.29, 0.717) is 17.8 Å². The number of nitrogens with one attached hydrogen (secondary N) is 1. The van der Waals surface area contributed by atoms with E-state index in [4.69, 9.17) is 9.47 Å². The summed E-state index contributed by atoms with van der Waals surface area (Å²) >= 11 is 1.50. The summed E-state index contributed by atoms with van der Waals surface area (Å²) in [4.78, 5) is 0. The van der Waals surface area contributed by atoms with Gasteiger partial charge in [-0.2, -0.15) is 0 Å². The Balaban J connectivity index is 1.49. The normalized spacial score (nSPS) is 14.2. The first kappa shape index (κ1) is 13.3. The predicted octanol–water partition coefficient (Wildman–Crippen LogP) is 2.38. The lowest BCUT2D eigenvalue weighted by atomic mass is 10.2. The van der Waals surface area contributed by atoms with E-state index in [1.165, 1.54) is 24.2 Å². The fraction of sp³-hybridized carbons (Fsp3) is 0.429. The Labute approximate surface area is 121 Å². The average Bonchev–Trinajstić information content (AvgIpc) is 3.22. The van der Waals surface area contributed by atoms with Gasteiger partial charge in [0.05, 0.1) is 13.7 Å². The van der Waals surface area contributed by atoms with Crippen LogP contribution in [-0.4, -0.2) is 23.3 Å². The molecule has 0 atom stereocenters. The largest absolute Gasteiger partial charge is 0.497 e. The Morgan fingerprint density at radius 2 is 2.05 bits per heavy atom. The molecule has 1 N–H and O–H groups in total. The molecule has 5 nitrogen and oxygen atoms in total. The fourth-order valence-electron chi connectivity index (χ4n) is 1.75. The van der Waals surface area contributed by atoms with Crippen molar-refractivity contribution in [1.82, 2.24) is 15.5 Å². The van der Waals surface area contributed by atoms with Gasteiger partial charge < -0.3 is 14.8 Å². The number of hydrogen-bond donors (Lipinski definition) is 1. The van der Waals surface area contributed by atoms with Crippen LogP contribution in [0.15, 0.2) is 24.3 Å². The molecule has 0 unspecified atom stereocenters. The minimum Gasteiger partial charge on any atom is -0.497 e. The third kappa shape index (κ3) is 3.68. The summed E-state index contributed by atoms with van der Waals surface area (Å²) in [6.07, 6.45) is 2.55. The van der Waals surface area contributed by atoms with E-state index in [0.717, 1.165) is 22.9 Å². The molecule has 1 aliphatic rings. The molecule has 6 heteroatoms. The topological polar surface area (TPSA) is 56.3 Å². The second kappa shape index (κ2) is 6.19. The number of methoxy groups -OCH3 is 1. The molecular formula is C14H17N3O2S. The fourth-order valence-corrected chi connectivity index (χ4v) is 2.39. The quantitative estimate of drug-likeness (QED) is 0.849. The zero-order valence-corrected chi connectivity index (χ0v) is 12.2. The van der Waals surface area contributed by atoms with Gasteiger partial charge in [-0.3, -0.25) is 0 Å². The molecule has 0 aliphatic heterocycles. The summed E-state index contributed by atoms with van der Waals surface area (Å²) in [5.41, 5.74) is 1.08. The highest BCUT2D eigenvalue weighted by atomic mass is 32.1. The van der Waals surface area contributed by atoms with Gasteiger partial charge in [-0.15, -0.1) is 5.10 Å². The van der Waals surface area contributed by atoms with E-state index in [2.05, 4.69) is 15.5 Å². The van der Waals surface area contributed by atoms with Crippen LogP contribution in [-0.2, 0) is 13.2 Å². The predicted molar refractivity (Wildman–Crippen MR) is 77.1 cm³/mol. The van der Waals surface area contributed by atoms with Crippen molar-refractivity contribution in [3.8, 4) is 10.9 Å². The van der Waals surface area contributed by atoms with Crippen LogP contribution in [0, 0.1) is 0 Å². The summed E-state index contributed by atoms with van der Waals surface area (Å²) in [5, 5.41) is 13.2. The number of benzene rings is 1. The zero-order valence-electron chi connectivity index (χ0n) is 11.3. The van der Waals surface area contributed by atoms with Crippen molar-refractivity contribution in [2.24, 2.45) is 0 Å². The van der Waals surface area contributed by atoms with Crippen molar-refractivity contribution >= 4 is 11.3 Å². The maximum atomic E-state index is 5.64. The van der Waals surface area contributed by atoms with Gasteiger partial charge in [-0.05, 0) is 30.5 Å². The van der Waals surface area contributed by atoms with E-state index < -0.39 is 0 Å². The molecule has 0 radical (unpaired) electrons. The van der Waals surface area contributed by atoms with Crippen LogP contribution < -0.4 is 14.8 Å². The van der Waals surface area contributed by atoms with Crippen molar-refractivity contribution in [3.05, 3.63) is 34.8 Å². The molecule has 1 aliphatic carbocycles. The van der Waals surface area contributed by atoms with Gasteiger partial charge in [-0.25, -0.2) is 0 Å². The highest BCUT2D eigenvalue weighted by Crippen LogP contribution is 2.22. The minimum atomic E-state index is 0.495. The number of aromatic nitrogens is 2. The van der Waals surface area contributed by atoms with Gasteiger partial charge in [-0.1, -0.05) is 28.6 Å². The van der Waals surface area contributed by atoms with Crippen LogP contribution in [0.2, 0.25) is 0 Å². The Bertz CT molecular complexity index is 552. The summed E-state index contributed by atoms with van der Waals surface area (Å²) in [6.45, 7) is 1.28. The summed E-state index contributed by atoms with van der Waals surface area (Å²) in [5.74, 6) is 0.845. The van der Waals surface area contributed by atoms with Crippen molar-refractivity contribution < 1.29 is 9.47 Å². The number of hydrogen-bond acceptors (Lipinski definition) is 6. The molecule has 0 spiro atoms. The maximum absolute atomic E-state index is 5.64. The molecule has 1 aromatic heterocycles. The lowest BCUT2D eigenvalue weighted by Gasteiger charge is -2.03. The van der Waals surface area contributed by atoms with Crippen molar-refractivity contribution in [3.63, 3.8) is 0 Å². The molecule has 0 saturated heterocycles. The lowest BCUT2D eigenvalue weighted by Crippen LogP contribution is -2.14. The van der Waals surface area contributed by atoms with Gasteiger partial charge in [0.15, 0.2) is 0 Å². The first-order valence-electron chi connectivity index (χ1n) is 6.65. The second-order valence-electron chi connectivity index (χ2n) is 4.75. The highest BCUT2D eigenvalue weighted by molar-refractivity contribution is 7.13. The summed E-state index contributed by atoms with van der Waals surface area (Å²) < 4.78 is 10.8. The van der Waals surface area contributed by atoms with Crippen molar-refractivity contribution in [2.75, 3.05) is 7.11 Å². The minimum absolute atomic E-state index is 0.495. The third-order valence-electron chi connectivity index (χ3n) is 3.09. The van der Waals surface area contributed by atoms with E-state index in [9.17, 15) is 0 Å². The zero-order chi connectivity index (χ0) is 13.8. The van der Waals surface area contributed by atoms with E-state index >= 15 is 0 Å². The SMILES string of the molecule is COc1ccc(COc2nnc(CNC3CC3)s2)cc1. The van der Waals surface area contributed by atoms with Crippen molar-refractivity contribution in [2.45, 2.75) is 32.0 Å². The summed E-state index contributed by atoms with van der Waals surface area (Å²) in [7, 11) is 1.66. The lowest BCUT2D eigenvalue weighted by molar-refractivity contribution is 0.301. The van der Waals surface area contributed by atoms with Gasteiger partial charge in [0.25, 0.3) is 5.19 Å². The molecule has 106 valence electrons. The summed E-state index contributed by atoms with van der Waals surface area (Å²) in [6, 6.07) is 8.49. The molecule has 3 rings (SSSR count). The third-order valence-corrected chi connectivity index (χ3v) is 3.92. The number of nitrogens with zero attached hydrogens (tertiary/aromatic N) is 2.